The van der Waals surface area contributed by atoms with Crippen LogP contribution >= 0.6 is 19.2 Å². The number of aliphatic hydroxyl groups is 1. The number of likely N-dealkylation sites (tertiary alicyclic amines) is 1. The molecule has 4 aromatic heterocycles. The molecule has 5 amide bonds. The normalized spacial score (nSPS) is 23.7. The van der Waals surface area contributed by atoms with E-state index in [2.05, 4.69) is 41.4 Å². The van der Waals surface area contributed by atoms with E-state index in [0.29, 0.717) is 81.0 Å². The lowest BCUT2D eigenvalue weighted by atomic mass is 9.92. The number of piperidine rings is 2. The number of carbonyl (C=O) groups excluding carboxylic acids is 5. The highest BCUT2D eigenvalue weighted by Crippen LogP contribution is 2.45. The van der Waals surface area contributed by atoms with E-state index >= 15 is 0 Å². The Morgan fingerprint density at radius 2 is 1.71 bits per heavy atom. The van der Waals surface area contributed by atoms with Crippen LogP contribution in [-0.2, 0) is 51.5 Å². The lowest BCUT2D eigenvalue weighted by molar-refractivity contribution is -0.161. The highest BCUT2D eigenvalue weighted by Gasteiger charge is 2.50. The largest absolute Gasteiger partial charge is 0.489 e. The number of imide groups is 2. The summed E-state index contributed by atoms with van der Waals surface area (Å²) in [6.07, 6.45) is 8.76. The first-order valence-corrected chi connectivity index (χ1v) is 28.6. The molecule has 5 atom stereocenters. The number of ether oxygens (including phenoxy) is 1. The van der Waals surface area contributed by atoms with Crippen molar-refractivity contribution in [1.29, 1.82) is 0 Å². The van der Waals surface area contributed by atoms with Crippen LogP contribution in [0.4, 0.5) is 28.7 Å². The Bertz CT molecular complexity index is 3560. The maximum atomic E-state index is 14.1. The fraction of sp³-hybridized carbons (Fsp3) is 0.444. The van der Waals surface area contributed by atoms with Gasteiger partial charge in [0, 0.05) is 90.7 Å². The number of phosphoric acid groups is 1. The Balaban J connectivity index is 0.702. The molecule has 1 unspecified atom stereocenters. The second kappa shape index (κ2) is 20.1. The van der Waals surface area contributed by atoms with Crippen LogP contribution in [0.5, 0.6) is 5.75 Å². The number of fused-ring (bicyclic) bond motifs is 7. The molecule has 6 aliphatic heterocycles. The molecule has 10 heterocycles. The van der Waals surface area contributed by atoms with Crippen LogP contribution in [0.2, 0.25) is 0 Å². The molecule has 78 heavy (non-hydrogen) atoms. The Morgan fingerprint density at radius 3 is 2.46 bits per heavy atom. The minimum Gasteiger partial charge on any atom is -0.489 e. The topological polar surface area (TPSA) is 261 Å². The van der Waals surface area contributed by atoms with Crippen LogP contribution < -0.4 is 30.3 Å². The number of phosphoric ester groups is 1. The second-order valence-corrected chi connectivity index (χ2v) is 23.3. The monoisotopic (exact) mass is 1110 g/mol. The molecule has 0 bridgehead atoms. The summed E-state index contributed by atoms with van der Waals surface area (Å²) >= 11 is 1.55. The molecular formula is C54H59N10O12PS. The summed E-state index contributed by atoms with van der Waals surface area (Å²) in [5, 5.41) is 13.9. The maximum absolute atomic E-state index is 14.1. The van der Waals surface area contributed by atoms with Gasteiger partial charge in [0.05, 0.1) is 46.2 Å². The number of carbonyl (C=O) groups is 5. The van der Waals surface area contributed by atoms with E-state index in [4.69, 9.17) is 8.85 Å². The molecule has 0 spiro atoms. The molecule has 7 aliphatic rings. The zero-order valence-electron chi connectivity index (χ0n) is 45.8. The van der Waals surface area contributed by atoms with E-state index in [0.717, 1.165) is 74.7 Å². The Morgan fingerprint density at radius 1 is 0.897 bits per heavy atom. The summed E-state index contributed by atoms with van der Waals surface area (Å²) in [5.41, 5.74) is 4.26. The zero-order valence-corrected chi connectivity index (χ0v) is 44.5. The summed E-state index contributed by atoms with van der Waals surface area (Å²) < 4.78 is 47.9. The molecule has 408 valence electrons. The number of anilines is 5. The van der Waals surface area contributed by atoms with E-state index in [1.165, 1.54) is 35.0 Å². The lowest BCUT2D eigenvalue weighted by Gasteiger charge is -2.50. The number of aliphatic hydroxyl groups excluding tert-OH is 1. The lowest BCUT2D eigenvalue weighted by Crippen LogP contribution is -2.59. The summed E-state index contributed by atoms with van der Waals surface area (Å²) in [6, 6.07) is 8.79. The molecule has 4 N–H and O–H groups in total. The predicted molar refractivity (Wildman–Crippen MR) is 287 cm³/mol. The van der Waals surface area contributed by atoms with E-state index in [-0.39, 0.29) is 59.5 Å². The quantitative estimate of drug-likeness (QED) is 0.103. The van der Waals surface area contributed by atoms with Crippen LogP contribution in [0.15, 0.2) is 59.8 Å². The molecule has 3 fully saturated rings. The summed E-state index contributed by atoms with van der Waals surface area (Å²) in [4.78, 5) is 122. The van der Waals surface area contributed by atoms with Crippen molar-refractivity contribution in [3.05, 3.63) is 103 Å². The van der Waals surface area contributed by atoms with Gasteiger partial charge in [-0.3, -0.25) is 52.9 Å². The summed E-state index contributed by atoms with van der Waals surface area (Å²) in [5.74, 6) is -2.36. The van der Waals surface area contributed by atoms with E-state index in [1.807, 2.05) is 6.07 Å². The van der Waals surface area contributed by atoms with Crippen LogP contribution in [0.25, 0.3) is 11.1 Å². The van der Waals surface area contributed by atoms with Crippen molar-refractivity contribution in [1.82, 2.24) is 29.2 Å². The number of nitrogens with zero attached hydrogens (tertiary/aromatic N) is 9. The van der Waals surface area contributed by atoms with Gasteiger partial charge in [0.2, 0.25) is 5.91 Å². The fourth-order valence-corrected chi connectivity index (χ4v) is 14.6. The number of thiophene rings is 1. The number of hydrogen-bond donors (Lipinski definition) is 4. The van der Waals surface area contributed by atoms with Crippen LogP contribution in [-0.4, -0.2) is 143 Å². The van der Waals surface area contributed by atoms with Crippen molar-refractivity contribution in [2.75, 3.05) is 59.3 Å². The summed E-state index contributed by atoms with van der Waals surface area (Å²) in [7, 11) is -5.10. The number of aromatic nitrogens is 3. The van der Waals surface area contributed by atoms with Gasteiger partial charge in [-0.05, 0) is 118 Å². The van der Waals surface area contributed by atoms with Gasteiger partial charge in [-0.25, -0.2) is 14.5 Å². The minimum atomic E-state index is -5.10. The average Bonchev–Trinajstić information content (AvgIpc) is 4.12. The van der Waals surface area contributed by atoms with Crippen LogP contribution in [0.1, 0.15) is 108 Å². The molecule has 12 rings (SSSR count). The molecular weight excluding hydrogens is 1040 g/mol. The maximum Gasteiger partial charge on any atom is 0.471 e. The zero-order chi connectivity index (χ0) is 57.0. The molecule has 24 heteroatoms. The Kier molecular flexibility index (Phi) is 12.5. The van der Waals surface area contributed by atoms with Crippen molar-refractivity contribution in [2.24, 2.45) is 6.98 Å². The third-order valence-electron chi connectivity index (χ3n) is 16.4. The van der Waals surface area contributed by atoms with Gasteiger partial charge in [0.15, 0.2) is 0 Å². The number of aryl methyl sites for hydroxylation is 2. The number of benzene rings is 1. The molecule has 1 aliphatic carbocycles. The first kappa shape index (κ1) is 48.3. The number of nitrogens with one attached hydrogen (secondary N) is 1. The van der Waals surface area contributed by atoms with Crippen molar-refractivity contribution < 1.29 is 56.8 Å². The number of hydrogen-bond acceptors (Lipinski definition) is 17. The molecule has 3 saturated heterocycles. The third kappa shape index (κ3) is 9.07. The van der Waals surface area contributed by atoms with Gasteiger partial charge >= 0.3 is 7.82 Å². The van der Waals surface area contributed by atoms with Crippen LogP contribution in [0.3, 0.4) is 0 Å². The molecule has 0 saturated carbocycles. The van der Waals surface area contributed by atoms with E-state index in [1.54, 1.807) is 40.6 Å². The number of rotatable bonds is 11. The average molecular weight is 1110 g/mol. The Labute approximate surface area is 456 Å². The second-order valence-electron chi connectivity index (χ2n) is 21.0. The van der Waals surface area contributed by atoms with Crippen molar-refractivity contribution >= 4 is 77.4 Å². The van der Waals surface area contributed by atoms with Crippen molar-refractivity contribution in [2.45, 2.75) is 109 Å². The van der Waals surface area contributed by atoms with Gasteiger partial charge in [0.1, 0.15) is 41.9 Å². The molecule has 22 nitrogen and oxygen atoms in total. The SMILES string of the molecule is [2H]C([2H])([2H])n1cc(-c2ccnc(N3CCc4c(sc5c4CCCC5)C3=O)c2CO)cc(Nc2ccc(N3CCN([C@@H]4CCN5c6cc7c(cc6OC[C@H]5C4)C(=O)N([C@H]4CCC(=O)N(C(C)OP(=O)(O)O)C4=O)C7=O)C[C@@H]3C)cn2)c1=O. The molecule has 0 radical (unpaired) electrons. The fourth-order valence-electron chi connectivity index (χ4n) is 12.7. The van der Waals surface area contributed by atoms with Gasteiger partial charge in [-0.2, -0.15) is 0 Å². The predicted octanol–water partition coefficient (Wildman–Crippen LogP) is 4.73. The van der Waals surface area contributed by atoms with E-state index < -0.39 is 62.9 Å². The first-order valence-electron chi connectivity index (χ1n) is 27.8. The van der Waals surface area contributed by atoms with Crippen molar-refractivity contribution in [3.8, 4) is 16.9 Å². The van der Waals surface area contributed by atoms with Crippen molar-refractivity contribution in [3.63, 3.8) is 0 Å². The van der Waals surface area contributed by atoms with Gasteiger partial charge in [-0.15, -0.1) is 11.3 Å². The first-order chi connectivity index (χ1) is 38.7. The smallest absolute Gasteiger partial charge is 0.471 e. The highest BCUT2D eigenvalue weighted by atomic mass is 32.1. The molecule has 5 aromatic rings. The molecule has 1 aromatic carbocycles. The van der Waals surface area contributed by atoms with Crippen LogP contribution in [0, 0.1) is 0 Å². The third-order valence-corrected chi connectivity index (χ3v) is 18.3. The van der Waals surface area contributed by atoms with Gasteiger partial charge in [-0.1, -0.05) is 0 Å². The Hall–Kier alpha value is -6.85. The minimum absolute atomic E-state index is 0.0422. The summed E-state index contributed by atoms with van der Waals surface area (Å²) in [6.45, 7) is 3.45. The van der Waals surface area contributed by atoms with Gasteiger partial charge < -0.3 is 39.3 Å². The standard InChI is InChI=1S/C54H59N10O12PS/c1-29-25-59(32-13-16-61-34(21-32)28-75-44-23-39-38(22-43(44)61)50(67)64(51(39)68)42-9-11-47(66)63(53(42)70)30(2)76-77(72,73)74)18-19-60(29)33-8-10-46(56-24-33)57-41-20-31(26-58(3)52(41)69)35-12-15-55-49(40(35)27-65)62-17-14-37-36-6-4-5-7-45(36)78-48(37)54(62)71/h8,10,12,15,20,22-24,26,29-30,32,34,42,65H,4-7,9,11,13-14,16-19,21,25,27-28H2,1-3H3,(H,56,57)(H2,72,73,74)/t29-,30?,32+,34+,42-/m0/s1/i3D3. The highest BCUT2D eigenvalue weighted by molar-refractivity contribution is 7.46. The number of amides is 5. The number of piperazine rings is 1. The van der Waals surface area contributed by atoms with Gasteiger partial charge in [0.25, 0.3) is 29.2 Å². The number of pyridine rings is 3. The van der Waals surface area contributed by atoms with E-state index in [9.17, 15) is 48.2 Å².